The highest BCUT2D eigenvalue weighted by molar-refractivity contribution is 5.69. The molecule has 1 aliphatic heterocycles. The molecule has 74 valence electrons. The Labute approximate surface area is 77.5 Å². The molecule has 1 heterocycles. The smallest absolute Gasteiger partial charge is 0.410 e. The number of hydrogen-bond acceptors (Lipinski definition) is 3. The minimum atomic E-state index is -0.250. The molecule has 0 aromatic carbocycles. The van der Waals surface area contributed by atoms with E-state index in [1.54, 1.807) is 4.90 Å². The van der Waals surface area contributed by atoms with Crippen LogP contribution in [0, 0.1) is 0 Å². The van der Waals surface area contributed by atoms with Crippen molar-refractivity contribution in [2.45, 2.75) is 31.3 Å². The van der Waals surface area contributed by atoms with Gasteiger partial charge in [-0.05, 0) is 19.3 Å². The Morgan fingerprint density at radius 2 is 2.23 bits per heavy atom. The summed E-state index contributed by atoms with van der Waals surface area (Å²) in [5.41, 5.74) is -0.122. The van der Waals surface area contributed by atoms with Crippen LogP contribution >= 0.6 is 0 Å². The molecule has 2 rings (SSSR count). The van der Waals surface area contributed by atoms with E-state index in [4.69, 9.17) is 9.84 Å². The molecular formula is C9H15NO3. The second-order valence-electron chi connectivity index (χ2n) is 3.87. The third-order valence-electron chi connectivity index (χ3n) is 3.03. The number of carbonyl (C=O) groups is 1. The van der Waals surface area contributed by atoms with Crippen LogP contribution in [-0.4, -0.2) is 41.4 Å². The van der Waals surface area contributed by atoms with Gasteiger partial charge in [0.25, 0.3) is 0 Å². The molecule has 1 saturated heterocycles. The number of carbonyl (C=O) groups excluding carboxylic acids is 1. The second kappa shape index (κ2) is 3.18. The second-order valence-corrected chi connectivity index (χ2v) is 3.87. The fraction of sp³-hybridized carbons (Fsp3) is 0.889. The zero-order chi connectivity index (χ0) is 9.31. The molecule has 0 aromatic rings. The first kappa shape index (κ1) is 8.81. The zero-order valence-electron chi connectivity index (χ0n) is 7.66. The molecule has 0 aromatic heterocycles. The van der Waals surface area contributed by atoms with Gasteiger partial charge in [0, 0.05) is 19.5 Å². The fourth-order valence-electron chi connectivity index (χ4n) is 1.98. The van der Waals surface area contributed by atoms with Gasteiger partial charge in [-0.3, -0.25) is 0 Å². The van der Waals surface area contributed by atoms with Gasteiger partial charge in [-0.2, -0.15) is 0 Å². The van der Waals surface area contributed by atoms with E-state index in [0.29, 0.717) is 6.54 Å². The van der Waals surface area contributed by atoms with E-state index in [1.807, 2.05) is 0 Å². The van der Waals surface area contributed by atoms with Gasteiger partial charge in [0.2, 0.25) is 0 Å². The Kier molecular flexibility index (Phi) is 2.15. The monoisotopic (exact) mass is 185 g/mol. The van der Waals surface area contributed by atoms with Crippen molar-refractivity contribution in [2.24, 2.45) is 0 Å². The molecule has 1 N–H and O–H groups in total. The number of rotatable bonds is 2. The molecule has 0 atom stereocenters. The highest BCUT2D eigenvalue weighted by Crippen LogP contribution is 2.41. The quantitative estimate of drug-likeness (QED) is 0.690. The topological polar surface area (TPSA) is 49.8 Å². The van der Waals surface area contributed by atoms with Gasteiger partial charge in [-0.25, -0.2) is 4.79 Å². The van der Waals surface area contributed by atoms with Crippen LogP contribution in [-0.2, 0) is 4.74 Å². The van der Waals surface area contributed by atoms with Crippen molar-refractivity contribution >= 4 is 6.09 Å². The van der Waals surface area contributed by atoms with E-state index in [0.717, 1.165) is 25.8 Å². The third kappa shape index (κ3) is 1.50. The van der Waals surface area contributed by atoms with Crippen LogP contribution < -0.4 is 0 Å². The van der Waals surface area contributed by atoms with Crippen molar-refractivity contribution in [1.29, 1.82) is 0 Å². The molecule has 13 heavy (non-hydrogen) atoms. The van der Waals surface area contributed by atoms with Crippen molar-refractivity contribution in [3.63, 3.8) is 0 Å². The van der Waals surface area contributed by atoms with Crippen LogP contribution in [0.5, 0.6) is 0 Å². The van der Waals surface area contributed by atoms with Gasteiger partial charge >= 0.3 is 6.09 Å². The zero-order valence-corrected chi connectivity index (χ0v) is 7.66. The number of β-amino-alcohol motifs (C(OH)–C–C–N with tert-alkyl or cyclic N) is 1. The first-order valence-electron chi connectivity index (χ1n) is 4.85. The summed E-state index contributed by atoms with van der Waals surface area (Å²) in [7, 11) is 0. The molecule has 4 nitrogen and oxygen atoms in total. The van der Waals surface area contributed by atoms with Crippen molar-refractivity contribution in [3.8, 4) is 0 Å². The Balaban J connectivity index is 1.91. The third-order valence-corrected chi connectivity index (χ3v) is 3.03. The molecule has 2 aliphatic rings. The van der Waals surface area contributed by atoms with Crippen molar-refractivity contribution in [2.75, 3.05) is 19.7 Å². The number of amides is 1. The highest BCUT2D eigenvalue weighted by Gasteiger charge is 2.44. The maximum absolute atomic E-state index is 11.4. The van der Waals surface area contributed by atoms with E-state index in [9.17, 15) is 4.79 Å². The first-order valence-corrected chi connectivity index (χ1v) is 4.85. The van der Waals surface area contributed by atoms with Crippen molar-refractivity contribution < 1.29 is 14.6 Å². The predicted octanol–water partition coefficient (Wildman–Crippen LogP) is 0.744. The highest BCUT2D eigenvalue weighted by atomic mass is 16.6. The molecule has 1 saturated carbocycles. The van der Waals surface area contributed by atoms with E-state index in [1.165, 1.54) is 6.42 Å². The summed E-state index contributed by atoms with van der Waals surface area (Å²) in [6, 6.07) is 0. The molecule has 2 fully saturated rings. The molecule has 1 aliphatic carbocycles. The number of aliphatic hydroxyl groups is 1. The number of nitrogens with zero attached hydrogens (tertiary/aromatic N) is 1. The maximum atomic E-state index is 11.4. The summed E-state index contributed by atoms with van der Waals surface area (Å²) in [5.74, 6) is 0. The largest absolute Gasteiger partial charge is 0.443 e. The molecule has 0 radical (unpaired) electrons. The molecule has 1 amide bonds. The number of hydrogen-bond donors (Lipinski definition) is 1. The van der Waals surface area contributed by atoms with Gasteiger partial charge < -0.3 is 14.7 Å². The van der Waals surface area contributed by atoms with Crippen LogP contribution in [0.15, 0.2) is 0 Å². The maximum Gasteiger partial charge on any atom is 0.410 e. The van der Waals surface area contributed by atoms with Gasteiger partial charge in [0.05, 0.1) is 6.61 Å². The first-order chi connectivity index (χ1) is 6.26. The SMILES string of the molecule is O=C1OC2(CCC2)CCN1CCO. The summed E-state index contributed by atoms with van der Waals surface area (Å²) in [5, 5.41) is 8.69. The Morgan fingerprint density at radius 3 is 2.69 bits per heavy atom. The van der Waals surface area contributed by atoms with Crippen LogP contribution in [0.1, 0.15) is 25.7 Å². The van der Waals surface area contributed by atoms with Crippen LogP contribution in [0.3, 0.4) is 0 Å². The van der Waals surface area contributed by atoms with Crippen molar-refractivity contribution in [1.82, 2.24) is 4.90 Å². The minimum absolute atomic E-state index is 0.0160. The number of ether oxygens (including phenoxy) is 1. The summed E-state index contributed by atoms with van der Waals surface area (Å²) in [6.45, 7) is 1.15. The molecule has 0 bridgehead atoms. The normalized spacial score (nSPS) is 25.6. The lowest BCUT2D eigenvalue weighted by Gasteiger charge is -2.46. The van der Waals surface area contributed by atoms with Crippen molar-refractivity contribution in [3.05, 3.63) is 0 Å². The van der Waals surface area contributed by atoms with Gasteiger partial charge in [-0.1, -0.05) is 0 Å². The lowest BCUT2D eigenvalue weighted by molar-refractivity contribution is -0.0954. The average molecular weight is 185 g/mol. The van der Waals surface area contributed by atoms with Gasteiger partial charge in [0.15, 0.2) is 0 Å². The Bertz CT molecular complexity index is 213. The average Bonchev–Trinajstić information content (AvgIpc) is 2.06. The fourth-order valence-corrected chi connectivity index (χ4v) is 1.98. The van der Waals surface area contributed by atoms with E-state index >= 15 is 0 Å². The standard InChI is InChI=1S/C9H15NO3/c11-7-6-10-5-4-9(2-1-3-9)13-8(10)12/h11H,1-7H2. The van der Waals surface area contributed by atoms with Crippen LogP contribution in [0.25, 0.3) is 0 Å². The molecule has 4 heteroatoms. The van der Waals surface area contributed by atoms with E-state index < -0.39 is 0 Å². The van der Waals surface area contributed by atoms with E-state index in [-0.39, 0.29) is 18.3 Å². The van der Waals surface area contributed by atoms with Gasteiger partial charge in [-0.15, -0.1) is 0 Å². The lowest BCUT2D eigenvalue weighted by Crippen LogP contribution is -2.53. The summed E-state index contributed by atoms with van der Waals surface area (Å²) < 4.78 is 5.35. The predicted molar refractivity (Wildman–Crippen MR) is 46.3 cm³/mol. The van der Waals surface area contributed by atoms with Gasteiger partial charge in [0.1, 0.15) is 5.60 Å². The molecule has 1 spiro atoms. The Morgan fingerprint density at radius 1 is 1.46 bits per heavy atom. The minimum Gasteiger partial charge on any atom is -0.443 e. The molecule has 0 unspecified atom stereocenters. The summed E-state index contributed by atoms with van der Waals surface area (Å²) in [6.07, 6.45) is 3.89. The summed E-state index contributed by atoms with van der Waals surface area (Å²) >= 11 is 0. The van der Waals surface area contributed by atoms with Crippen LogP contribution in [0.2, 0.25) is 0 Å². The van der Waals surface area contributed by atoms with E-state index in [2.05, 4.69) is 0 Å². The Hall–Kier alpha value is -0.770. The summed E-state index contributed by atoms with van der Waals surface area (Å²) in [4.78, 5) is 13.0. The van der Waals surface area contributed by atoms with Crippen LogP contribution in [0.4, 0.5) is 4.79 Å². The lowest BCUT2D eigenvalue weighted by atomic mass is 9.77. The number of aliphatic hydroxyl groups excluding tert-OH is 1. The molecular weight excluding hydrogens is 170 g/mol.